The van der Waals surface area contributed by atoms with Crippen LogP contribution >= 0.6 is 0 Å². The largest absolute Gasteiger partial charge is 0.463 e. The number of ether oxygens (including phenoxy) is 5. The van der Waals surface area contributed by atoms with Crippen molar-refractivity contribution in [2.45, 2.75) is 58.3 Å². The molecule has 0 saturated carbocycles. The lowest BCUT2D eigenvalue weighted by Gasteiger charge is -2.40. The van der Waals surface area contributed by atoms with E-state index in [2.05, 4.69) is 4.99 Å². The minimum Gasteiger partial charge on any atom is -0.463 e. The van der Waals surface area contributed by atoms with Crippen molar-refractivity contribution in [1.29, 1.82) is 0 Å². The number of carbonyl (C=O) groups excluding carboxylic acids is 3. The summed E-state index contributed by atoms with van der Waals surface area (Å²) in [6.45, 7) is 5.17. The second-order valence-electron chi connectivity index (χ2n) is 5.25. The molecule has 2 rings (SSSR count). The third-order valence-corrected chi connectivity index (χ3v) is 3.29. The molecule has 2 aliphatic rings. The molecule has 0 amide bonds. The van der Waals surface area contributed by atoms with Crippen LogP contribution in [0.25, 0.3) is 0 Å². The third kappa shape index (κ3) is 4.19. The first-order valence-corrected chi connectivity index (χ1v) is 7.12. The molecular formula is C14H19NO8. The Bertz CT molecular complexity index is 531. The zero-order valence-corrected chi connectivity index (χ0v) is 13.3. The Hall–Kier alpha value is -2.16. The summed E-state index contributed by atoms with van der Waals surface area (Å²) in [5.74, 6) is -1.28. The molecule has 0 N–H and O–H groups in total. The van der Waals surface area contributed by atoms with E-state index in [1.165, 1.54) is 20.8 Å². The average molecular weight is 329 g/mol. The minimum atomic E-state index is -0.963. The normalized spacial score (nSPS) is 32.2. The van der Waals surface area contributed by atoms with Crippen molar-refractivity contribution in [1.82, 2.24) is 0 Å². The predicted molar refractivity (Wildman–Crippen MR) is 74.4 cm³/mol. The van der Waals surface area contributed by atoms with Crippen molar-refractivity contribution in [2.24, 2.45) is 4.99 Å². The van der Waals surface area contributed by atoms with Crippen molar-refractivity contribution in [3.8, 4) is 0 Å². The van der Waals surface area contributed by atoms with E-state index in [9.17, 15) is 14.4 Å². The topological polar surface area (TPSA) is 110 Å². The molecular weight excluding hydrogens is 310 g/mol. The van der Waals surface area contributed by atoms with Gasteiger partial charge in [0.15, 0.2) is 24.1 Å². The first-order chi connectivity index (χ1) is 10.8. The van der Waals surface area contributed by atoms with Crippen molar-refractivity contribution in [3.63, 3.8) is 0 Å². The number of esters is 3. The van der Waals surface area contributed by atoms with E-state index >= 15 is 0 Å². The van der Waals surface area contributed by atoms with Crippen LogP contribution in [0, 0.1) is 0 Å². The van der Waals surface area contributed by atoms with Crippen molar-refractivity contribution in [2.75, 3.05) is 6.61 Å². The molecule has 0 aromatic rings. The molecule has 5 atom stereocenters. The van der Waals surface area contributed by atoms with Gasteiger partial charge in [-0.15, -0.1) is 0 Å². The summed E-state index contributed by atoms with van der Waals surface area (Å²) in [4.78, 5) is 38.1. The van der Waals surface area contributed by atoms with E-state index in [1.54, 1.807) is 6.92 Å². The summed E-state index contributed by atoms with van der Waals surface area (Å²) in [5.41, 5.74) is 0. The monoisotopic (exact) mass is 329 g/mol. The molecule has 2 aliphatic heterocycles. The Balaban J connectivity index is 2.26. The van der Waals surface area contributed by atoms with Gasteiger partial charge in [0.1, 0.15) is 12.7 Å². The summed E-state index contributed by atoms with van der Waals surface area (Å²) < 4.78 is 26.5. The molecule has 128 valence electrons. The molecule has 1 saturated heterocycles. The van der Waals surface area contributed by atoms with Crippen LogP contribution < -0.4 is 0 Å². The number of carbonyl (C=O) groups is 3. The van der Waals surface area contributed by atoms with Crippen LogP contribution in [0.4, 0.5) is 0 Å². The second-order valence-corrected chi connectivity index (χ2v) is 5.25. The van der Waals surface area contributed by atoms with Gasteiger partial charge in [0.05, 0.1) is 0 Å². The van der Waals surface area contributed by atoms with Gasteiger partial charge in [-0.1, -0.05) is 0 Å². The van der Waals surface area contributed by atoms with Gasteiger partial charge < -0.3 is 23.7 Å². The van der Waals surface area contributed by atoms with Crippen LogP contribution in [0.15, 0.2) is 4.99 Å². The highest BCUT2D eigenvalue weighted by Crippen LogP contribution is 2.32. The van der Waals surface area contributed by atoms with Crippen molar-refractivity contribution in [3.05, 3.63) is 0 Å². The van der Waals surface area contributed by atoms with Gasteiger partial charge in [-0.2, -0.15) is 0 Å². The average Bonchev–Trinajstić information content (AvgIpc) is 2.78. The highest BCUT2D eigenvalue weighted by molar-refractivity contribution is 5.75. The first-order valence-electron chi connectivity index (χ1n) is 7.12. The molecule has 9 heteroatoms. The van der Waals surface area contributed by atoms with Crippen LogP contribution in [-0.4, -0.2) is 61.1 Å². The van der Waals surface area contributed by atoms with Crippen LogP contribution in [0.1, 0.15) is 27.7 Å². The summed E-state index contributed by atoms with van der Waals surface area (Å²) in [6, 6.07) is -0.656. The summed E-state index contributed by atoms with van der Waals surface area (Å²) in [5, 5.41) is 0. The number of nitrogens with zero attached hydrogens (tertiary/aromatic N) is 1. The molecule has 0 aliphatic carbocycles. The van der Waals surface area contributed by atoms with Gasteiger partial charge in [-0.05, 0) is 0 Å². The van der Waals surface area contributed by atoms with Crippen LogP contribution in [0.2, 0.25) is 0 Å². The summed E-state index contributed by atoms with van der Waals surface area (Å²) >= 11 is 0. The Kier molecular flexibility index (Phi) is 5.19. The zero-order chi connectivity index (χ0) is 17.1. The first kappa shape index (κ1) is 17.2. The zero-order valence-electron chi connectivity index (χ0n) is 13.3. The van der Waals surface area contributed by atoms with E-state index in [0.29, 0.717) is 5.90 Å². The molecule has 0 radical (unpaired) electrons. The SMILES string of the molecule is CC(=O)OCC1O[C@@H]2OC(C)=N[C@H]2C(OC(C)=O)[C@H]1OC(C)=O. The van der Waals surface area contributed by atoms with E-state index < -0.39 is 48.6 Å². The van der Waals surface area contributed by atoms with E-state index in [-0.39, 0.29) is 6.61 Å². The molecule has 0 bridgehead atoms. The highest BCUT2D eigenvalue weighted by atomic mass is 16.7. The molecule has 0 aromatic heterocycles. The number of aliphatic imine (C=N–C) groups is 1. The molecule has 23 heavy (non-hydrogen) atoms. The van der Waals surface area contributed by atoms with Gasteiger partial charge in [0, 0.05) is 27.7 Å². The number of hydrogen-bond donors (Lipinski definition) is 0. The molecule has 2 unspecified atom stereocenters. The molecule has 1 fully saturated rings. The molecule has 0 aromatic carbocycles. The lowest BCUT2D eigenvalue weighted by Crippen LogP contribution is -2.60. The second kappa shape index (κ2) is 6.95. The third-order valence-electron chi connectivity index (χ3n) is 3.29. The van der Waals surface area contributed by atoms with Gasteiger partial charge in [0.25, 0.3) is 0 Å². The number of rotatable bonds is 4. The van der Waals surface area contributed by atoms with E-state index in [4.69, 9.17) is 23.7 Å². The molecule has 0 spiro atoms. The van der Waals surface area contributed by atoms with Gasteiger partial charge >= 0.3 is 17.9 Å². The van der Waals surface area contributed by atoms with Crippen molar-refractivity contribution < 1.29 is 38.1 Å². The fraction of sp³-hybridized carbons (Fsp3) is 0.714. The van der Waals surface area contributed by atoms with E-state index in [0.717, 1.165) is 0 Å². The maximum atomic E-state index is 11.4. The fourth-order valence-corrected chi connectivity index (χ4v) is 2.53. The lowest BCUT2D eigenvalue weighted by atomic mass is 9.97. The maximum absolute atomic E-state index is 11.4. The standard InChI is InChI=1S/C14H19NO8/c1-6-15-11-13(22-9(4)18)12(21-8(3)17)10(5-19-7(2)16)23-14(11)20-6/h10-14H,5H2,1-4H3/t10?,11-,12-,13?,14-/m0/s1. The Morgan fingerprint density at radius 3 is 2.22 bits per heavy atom. The number of hydrogen-bond acceptors (Lipinski definition) is 9. The van der Waals surface area contributed by atoms with Crippen LogP contribution in [0.3, 0.4) is 0 Å². The summed E-state index contributed by atoms with van der Waals surface area (Å²) in [6.07, 6.45) is -3.50. The Morgan fingerprint density at radius 1 is 1.04 bits per heavy atom. The predicted octanol–water partition coefficient (Wildman–Crippen LogP) is -0.0450. The minimum absolute atomic E-state index is 0.170. The number of fused-ring (bicyclic) bond motifs is 1. The van der Waals surface area contributed by atoms with Crippen LogP contribution in [0.5, 0.6) is 0 Å². The van der Waals surface area contributed by atoms with Crippen molar-refractivity contribution >= 4 is 23.8 Å². The Labute approximate surface area is 132 Å². The highest BCUT2D eigenvalue weighted by Gasteiger charge is 2.53. The van der Waals surface area contributed by atoms with Crippen LogP contribution in [-0.2, 0) is 38.1 Å². The smallest absolute Gasteiger partial charge is 0.303 e. The fourth-order valence-electron chi connectivity index (χ4n) is 2.53. The van der Waals surface area contributed by atoms with E-state index in [1.807, 2.05) is 0 Å². The van der Waals surface area contributed by atoms with Gasteiger partial charge in [-0.25, -0.2) is 4.99 Å². The molecule has 9 nitrogen and oxygen atoms in total. The van der Waals surface area contributed by atoms with Gasteiger partial charge in [-0.3, -0.25) is 14.4 Å². The van der Waals surface area contributed by atoms with Gasteiger partial charge in [0.2, 0.25) is 6.29 Å². The lowest BCUT2D eigenvalue weighted by molar-refractivity contribution is -0.249. The summed E-state index contributed by atoms with van der Waals surface area (Å²) in [7, 11) is 0. The Morgan fingerprint density at radius 2 is 1.65 bits per heavy atom. The quantitative estimate of drug-likeness (QED) is 0.522. The maximum Gasteiger partial charge on any atom is 0.303 e. The molecule has 2 heterocycles.